The first-order valence-corrected chi connectivity index (χ1v) is 9.37. The van der Waals surface area contributed by atoms with Gasteiger partial charge in [0.2, 0.25) is 5.88 Å². The smallest absolute Gasteiger partial charge is 0.213 e. The van der Waals surface area contributed by atoms with E-state index < -0.39 is 0 Å². The zero-order valence-electron chi connectivity index (χ0n) is 16.1. The summed E-state index contributed by atoms with van der Waals surface area (Å²) >= 11 is 0. The van der Waals surface area contributed by atoms with Crippen LogP contribution >= 0.6 is 0 Å². The molecule has 0 spiro atoms. The van der Waals surface area contributed by atoms with E-state index in [-0.39, 0.29) is 6.04 Å². The average molecular weight is 383 g/mol. The van der Waals surface area contributed by atoms with Gasteiger partial charge >= 0.3 is 0 Å². The Balaban J connectivity index is 1.60. The summed E-state index contributed by atoms with van der Waals surface area (Å²) in [5, 5.41) is 21.3. The van der Waals surface area contributed by atoms with E-state index in [1.807, 2.05) is 36.4 Å². The summed E-state index contributed by atoms with van der Waals surface area (Å²) in [5.41, 5.74) is 12.4. The molecule has 29 heavy (non-hydrogen) atoms. The zero-order chi connectivity index (χ0) is 20.4. The van der Waals surface area contributed by atoms with Gasteiger partial charge in [-0.3, -0.25) is 5.41 Å². The third-order valence-corrected chi connectivity index (χ3v) is 5.25. The Hall–Kier alpha value is -3.85. The minimum Gasteiger partial charge on any atom is -0.481 e. The molecule has 1 aliphatic carbocycles. The van der Waals surface area contributed by atoms with Gasteiger partial charge in [-0.15, -0.1) is 0 Å². The molecule has 6 nitrogen and oxygen atoms in total. The van der Waals surface area contributed by atoms with E-state index in [9.17, 15) is 0 Å². The zero-order valence-corrected chi connectivity index (χ0v) is 16.1. The first kappa shape index (κ1) is 18.5. The second-order valence-electron chi connectivity index (χ2n) is 7.02. The number of anilines is 2. The number of hydrogen-bond donors (Lipinski definition) is 3. The SMILES string of the molecule is COc1cc(C(=N)c2cc(NC3CCc4cc(C#N)ccc43)ccc2N)ccn1. The van der Waals surface area contributed by atoms with Crippen molar-refractivity contribution in [1.82, 2.24) is 4.98 Å². The molecule has 144 valence electrons. The molecule has 1 unspecified atom stereocenters. The number of aryl methyl sites for hydroxylation is 1. The Morgan fingerprint density at radius 2 is 2.10 bits per heavy atom. The van der Waals surface area contributed by atoms with E-state index in [1.165, 1.54) is 11.1 Å². The number of nitrogens with one attached hydrogen (secondary N) is 2. The number of rotatable bonds is 5. The first-order chi connectivity index (χ1) is 14.1. The molecule has 4 rings (SSSR count). The Bertz CT molecular complexity index is 1130. The molecule has 0 radical (unpaired) electrons. The minimum absolute atomic E-state index is 0.171. The topological polar surface area (TPSA) is 108 Å². The number of aromatic nitrogens is 1. The highest BCUT2D eigenvalue weighted by Crippen LogP contribution is 2.35. The molecule has 6 heteroatoms. The molecule has 0 aliphatic heterocycles. The molecule has 3 aromatic rings. The number of nitrogens with two attached hydrogens (primary N) is 1. The lowest BCUT2D eigenvalue weighted by Gasteiger charge is -2.17. The van der Waals surface area contributed by atoms with Gasteiger partial charge in [0.05, 0.1) is 30.5 Å². The molecule has 2 aromatic carbocycles. The number of nitrogens with zero attached hydrogens (tertiary/aromatic N) is 2. The van der Waals surface area contributed by atoms with Crippen molar-refractivity contribution in [2.24, 2.45) is 0 Å². The number of benzene rings is 2. The predicted octanol–water partition coefficient (Wildman–Crippen LogP) is 4.06. The molecular weight excluding hydrogens is 362 g/mol. The minimum atomic E-state index is 0.171. The molecule has 1 aliphatic rings. The number of nitriles is 1. The molecule has 1 aromatic heterocycles. The van der Waals surface area contributed by atoms with Gasteiger partial charge in [-0.05, 0) is 60.4 Å². The van der Waals surface area contributed by atoms with Gasteiger partial charge in [0.25, 0.3) is 0 Å². The van der Waals surface area contributed by atoms with Gasteiger partial charge in [-0.25, -0.2) is 4.98 Å². The summed E-state index contributed by atoms with van der Waals surface area (Å²) in [7, 11) is 1.55. The lowest BCUT2D eigenvalue weighted by atomic mass is 10.0. The number of fused-ring (bicyclic) bond motifs is 1. The van der Waals surface area contributed by atoms with Crippen LogP contribution in [0.25, 0.3) is 0 Å². The maximum absolute atomic E-state index is 9.10. The summed E-state index contributed by atoms with van der Waals surface area (Å²) in [4.78, 5) is 4.09. The van der Waals surface area contributed by atoms with E-state index in [0.717, 1.165) is 18.5 Å². The number of nitrogen functional groups attached to an aromatic ring is 1. The predicted molar refractivity (Wildman–Crippen MR) is 113 cm³/mol. The van der Waals surface area contributed by atoms with Crippen molar-refractivity contribution in [3.63, 3.8) is 0 Å². The monoisotopic (exact) mass is 383 g/mol. The second kappa shape index (κ2) is 7.64. The van der Waals surface area contributed by atoms with Crippen molar-refractivity contribution in [2.45, 2.75) is 18.9 Å². The van der Waals surface area contributed by atoms with Crippen molar-refractivity contribution in [2.75, 3.05) is 18.2 Å². The summed E-state index contributed by atoms with van der Waals surface area (Å²) in [6, 6.07) is 17.4. The molecular formula is C23H21N5O. The lowest BCUT2D eigenvalue weighted by molar-refractivity contribution is 0.398. The Morgan fingerprint density at radius 3 is 2.90 bits per heavy atom. The van der Waals surface area contributed by atoms with Crippen LogP contribution in [-0.2, 0) is 6.42 Å². The first-order valence-electron chi connectivity index (χ1n) is 9.37. The lowest BCUT2D eigenvalue weighted by Crippen LogP contribution is -2.10. The van der Waals surface area contributed by atoms with E-state index in [1.54, 1.807) is 25.4 Å². The average Bonchev–Trinajstić information content (AvgIpc) is 3.16. The van der Waals surface area contributed by atoms with Crippen LogP contribution in [0.3, 0.4) is 0 Å². The highest BCUT2D eigenvalue weighted by molar-refractivity contribution is 6.14. The molecule has 4 N–H and O–H groups in total. The molecule has 0 fully saturated rings. The van der Waals surface area contributed by atoms with E-state index in [2.05, 4.69) is 16.4 Å². The Labute approximate surface area is 169 Å². The standard InChI is InChI=1S/C23H21N5O/c1-29-22-11-16(8-9-27-22)23(26)19-12-17(4-6-20(19)25)28-21-7-3-15-10-14(13-24)2-5-18(15)21/h2,4-6,8-12,21,26,28H,3,7,25H2,1H3. The second-order valence-corrected chi connectivity index (χ2v) is 7.02. The molecule has 1 atom stereocenters. The summed E-state index contributed by atoms with van der Waals surface area (Å²) in [6.07, 6.45) is 3.52. The van der Waals surface area contributed by atoms with Crippen molar-refractivity contribution in [1.29, 1.82) is 10.7 Å². The summed E-state index contributed by atoms with van der Waals surface area (Å²) in [5.74, 6) is 0.458. The normalized spacial score (nSPS) is 14.7. The molecule has 0 amide bonds. The van der Waals surface area contributed by atoms with Gasteiger partial charge < -0.3 is 15.8 Å². The molecule has 1 heterocycles. The van der Waals surface area contributed by atoms with Crippen molar-refractivity contribution < 1.29 is 4.74 Å². The summed E-state index contributed by atoms with van der Waals surface area (Å²) in [6.45, 7) is 0. The summed E-state index contributed by atoms with van der Waals surface area (Å²) < 4.78 is 5.16. The van der Waals surface area contributed by atoms with Crippen LogP contribution in [0.4, 0.5) is 11.4 Å². The maximum atomic E-state index is 9.10. The van der Waals surface area contributed by atoms with E-state index >= 15 is 0 Å². The number of ether oxygens (including phenoxy) is 1. The van der Waals surface area contributed by atoms with Gasteiger partial charge in [0.1, 0.15) is 0 Å². The third kappa shape index (κ3) is 3.63. The van der Waals surface area contributed by atoms with Gasteiger partial charge in [0, 0.05) is 34.8 Å². The van der Waals surface area contributed by atoms with E-state index in [4.69, 9.17) is 21.1 Å². The fourth-order valence-electron chi connectivity index (χ4n) is 3.73. The largest absolute Gasteiger partial charge is 0.481 e. The fourth-order valence-corrected chi connectivity index (χ4v) is 3.73. The highest BCUT2D eigenvalue weighted by atomic mass is 16.5. The van der Waals surface area contributed by atoms with Crippen LogP contribution in [0.1, 0.15) is 40.3 Å². The molecule has 0 saturated heterocycles. The highest BCUT2D eigenvalue weighted by Gasteiger charge is 2.23. The quantitative estimate of drug-likeness (QED) is 0.455. The maximum Gasteiger partial charge on any atom is 0.213 e. The fraction of sp³-hybridized carbons (Fsp3) is 0.174. The Kier molecular flexibility index (Phi) is 4.88. The third-order valence-electron chi connectivity index (χ3n) is 5.25. The van der Waals surface area contributed by atoms with E-state index in [0.29, 0.717) is 34.0 Å². The van der Waals surface area contributed by atoms with Crippen molar-refractivity contribution >= 4 is 17.1 Å². The van der Waals surface area contributed by atoms with Gasteiger partial charge in [-0.1, -0.05) is 6.07 Å². The van der Waals surface area contributed by atoms with Crippen LogP contribution in [0.15, 0.2) is 54.7 Å². The number of pyridine rings is 1. The van der Waals surface area contributed by atoms with Crippen molar-refractivity contribution in [3.8, 4) is 11.9 Å². The van der Waals surface area contributed by atoms with Crippen LogP contribution < -0.4 is 15.8 Å². The number of hydrogen-bond acceptors (Lipinski definition) is 6. The van der Waals surface area contributed by atoms with Gasteiger partial charge in [0.15, 0.2) is 0 Å². The van der Waals surface area contributed by atoms with Crippen LogP contribution in [0.2, 0.25) is 0 Å². The van der Waals surface area contributed by atoms with Crippen LogP contribution in [-0.4, -0.2) is 17.8 Å². The Morgan fingerprint density at radius 1 is 1.24 bits per heavy atom. The molecule has 0 bridgehead atoms. The molecule has 0 saturated carbocycles. The number of methoxy groups -OCH3 is 1. The van der Waals surface area contributed by atoms with Crippen LogP contribution in [0, 0.1) is 16.7 Å². The van der Waals surface area contributed by atoms with Gasteiger partial charge in [-0.2, -0.15) is 5.26 Å². The van der Waals surface area contributed by atoms with Crippen molar-refractivity contribution in [3.05, 3.63) is 82.5 Å². The van der Waals surface area contributed by atoms with Crippen LogP contribution in [0.5, 0.6) is 5.88 Å².